The van der Waals surface area contributed by atoms with Crippen LogP contribution in [0.15, 0.2) is 91.0 Å². The molecule has 0 radical (unpaired) electrons. The van der Waals surface area contributed by atoms with Crippen molar-refractivity contribution in [1.82, 2.24) is 0 Å². The molecule has 0 saturated carbocycles. The Balaban J connectivity index is 1.77. The van der Waals surface area contributed by atoms with Gasteiger partial charge in [-0.05, 0) is 51.9 Å². The van der Waals surface area contributed by atoms with Crippen molar-refractivity contribution in [2.75, 3.05) is 6.61 Å². The monoisotopic (exact) mass is 454 g/mol. The highest BCUT2D eigenvalue weighted by Gasteiger charge is 2.42. The van der Waals surface area contributed by atoms with Crippen molar-refractivity contribution in [2.24, 2.45) is 0 Å². The van der Waals surface area contributed by atoms with Gasteiger partial charge >= 0.3 is 5.97 Å². The van der Waals surface area contributed by atoms with E-state index in [0.717, 1.165) is 32.3 Å². The van der Waals surface area contributed by atoms with Crippen LogP contribution < -0.4 is 10.4 Å². The van der Waals surface area contributed by atoms with E-state index in [2.05, 4.69) is 42.5 Å². The van der Waals surface area contributed by atoms with Crippen LogP contribution in [-0.2, 0) is 9.47 Å². The van der Waals surface area contributed by atoms with Gasteiger partial charge in [0.25, 0.3) is 0 Å². The fraction of sp³-hybridized carbons (Fsp3) is 0.138. The summed E-state index contributed by atoms with van der Waals surface area (Å²) in [4.78, 5) is 13.3. The molecule has 4 aromatic rings. The van der Waals surface area contributed by atoms with Crippen molar-refractivity contribution < 1.29 is 14.3 Å². The van der Waals surface area contributed by atoms with Gasteiger partial charge in [-0.25, -0.2) is 4.79 Å². The zero-order valence-corrected chi connectivity index (χ0v) is 19.0. The molecule has 5 rings (SSSR count). The topological polar surface area (TPSA) is 35.5 Å². The fourth-order valence-electron chi connectivity index (χ4n) is 4.56. The molecule has 4 heteroatoms. The Labute approximate surface area is 197 Å². The molecule has 1 aliphatic carbocycles. The Bertz CT molecular complexity index is 1470. The van der Waals surface area contributed by atoms with Crippen LogP contribution in [0.25, 0.3) is 22.4 Å². The second kappa shape index (κ2) is 8.86. The summed E-state index contributed by atoms with van der Waals surface area (Å²) in [5.41, 5.74) is 2.23. The van der Waals surface area contributed by atoms with Crippen molar-refractivity contribution >= 4 is 40.0 Å². The predicted octanol–water partition coefficient (Wildman–Crippen LogP) is 5.47. The lowest BCUT2D eigenvalue weighted by Crippen LogP contribution is -2.48. The summed E-state index contributed by atoms with van der Waals surface area (Å²) in [7, 11) is 0. The number of hydrogen-bond acceptors (Lipinski definition) is 3. The van der Waals surface area contributed by atoms with E-state index in [-0.39, 0.29) is 0 Å². The highest BCUT2D eigenvalue weighted by Crippen LogP contribution is 2.38. The molecule has 0 N–H and O–H groups in total. The van der Waals surface area contributed by atoms with Crippen LogP contribution >= 0.6 is 11.6 Å². The summed E-state index contributed by atoms with van der Waals surface area (Å²) in [6, 6.07) is 29.3. The summed E-state index contributed by atoms with van der Waals surface area (Å²) in [6.45, 7) is 2.29. The standard InChI is InChI=1S/C29H23ClO3/c1-2-32-29(33-28(31)22-12-7-13-23(30)19-22)18-17-21-10-4-6-15-25(21)27(29)26-16-8-11-20-9-3-5-14-24(20)26/h3-17,19H,2,18H2,1H3. The number of benzene rings is 4. The Morgan fingerprint density at radius 2 is 1.70 bits per heavy atom. The normalized spacial score (nSPS) is 17.3. The Hall–Kier alpha value is -3.40. The molecular formula is C29H23ClO3. The molecule has 1 atom stereocenters. The fourth-order valence-corrected chi connectivity index (χ4v) is 4.75. The van der Waals surface area contributed by atoms with Crippen molar-refractivity contribution in [2.45, 2.75) is 19.1 Å². The average Bonchev–Trinajstić information content (AvgIpc) is 2.84. The van der Waals surface area contributed by atoms with E-state index >= 15 is 0 Å². The number of halogens is 1. The zero-order chi connectivity index (χ0) is 22.8. The first-order valence-electron chi connectivity index (χ1n) is 11.0. The van der Waals surface area contributed by atoms with Gasteiger partial charge in [0.2, 0.25) is 5.79 Å². The van der Waals surface area contributed by atoms with Gasteiger partial charge in [0.15, 0.2) is 0 Å². The SMILES string of the molecule is CCOC1(OC(=O)c2cccc(Cl)c2)CC=c2ccccc2=C1c1cccc2ccccc12. The molecule has 4 aromatic carbocycles. The van der Waals surface area contributed by atoms with Gasteiger partial charge in [-0.15, -0.1) is 0 Å². The molecule has 0 aliphatic heterocycles. The van der Waals surface area contributed by atoms with Gasteiger partial charge in [0, 0.05) is 23.6 Å². The molecular weight excluding hydrogens is 432 g/mol. The largest absolute Gasteiger partial charge is 0.425 e. The van der Waals surface area contributed by atoms with E-state index in [0.29, 0.717) is 23.6 Å². The van der Waals surface area contributed by atoms with E-state index in [1.165, 1.54) is 0 Å². The van der Waals surface area contributed by atoms with Crippen molar-refractivity contribution in [3.05, 3.63) is 118 Å². The number of rotatable bonds is 5. The summed E-state index contributed by atoms with van der Waals surface area (Å²) in [5, 5.41) is 4.76. The van der Waals surface area contributed by atoms with Crippen LogP contribution in [0, 0.1) is 0 Å². The van der Waals surface area contributed by atoms with Gasteiger partial charge < -0.3 is 9.47 Å². The number of carbonyl (C=O) groups is 1. The first-order chi connectivity index (χ1) is 16.1. The Morgan fingerprint density at radius 1 is 0.939 bits per heavy atom. The molecule has 0 heterocycles. The molecule has 3 nitrogen and oxygen atoms in total. The first kappa shape index (κ1) is 21.4. The maximum absolute atomic E-state index is 13.3. The van der Waals surface area contributed by atoms with Crippen LogP contribution in [0.2, 0.25) is 5.02 Å². The van der Waals surface area contributed by atoms with Gasteiger partial charge in [0.1, 0.15) is 0 Å². The molecule has 1 aliphatic rings. The lowest BCUT2D eigenvalue weighted by atomic mass is 9.85. The third kappa shape index (κ3) is 3.95. The summed E-state index contributed by atoms with van der Waals surface area (Å²) in [5.74, 6) is -1.75. The number of carbonyl (C=O) groups excluding carboxylic acids is 1. The third-order valence-electron chi connectivity index (χ3n) is 5.96. The van der Waals surface area contributed by atoms with Gasteiger partial charge in [-0.2, -0.15) is 0 Å². The summed E-state index contributed by atoms with van der Waals surface area (Å²) >= 11 is 6.13. The molecule has 1 unspecified atom stereocenters. The number of esters is 1. The van der Waals surface area contributed by atoms with Crippen LogP contribution in [0.4, 0.5) is 0 Å². The lowest BCUT2D eigenvalue weighted by molar-refractivity contribution is -0.155. The molecule has 0 bridgehead atoms. The zero-order valence-electron chi connectivity index (χ0n) is 18.3. The average molecular weight is 455 g/mol. The smallest absolute Gasteiger partial charge is 0.340 e. The second-order valence-corrected chi connectivity index (χ2v) is 8.42. The molecule has 33 heavy (non-hydrogen) atoms. The van der Waals surface area contributed by atoms with E-state index in [1.807, 2.05) is 37.3 Å². The third-order valence-corrected chi connectivity index (χ3v) is 6.19. The molecule has 0 spiro atoms. The van der Waals surface area contributed by atoms with E-state index in [9.17, 15) is 4.79 Å². The molecule has 164 valence electrons. The summed E-state index contributed by atoms with van der Waals surface area (Å²) in [6.07, 6.45) is 2.48. The quantitative estimate of drug-likeness (QED) is 0.296. The van der Waals surface area contributed by atoms with Crippen LogP contribution in [0.1, 0.15) is 29.3 Å². The van der Waals surface area contributed by atoms with Crippen molar-refractivity contribution in [3.8, 4) is 0 Å². The first-order valence-corrected chi connectivity index (χ1v) is 11.4. The van der Waals surface area contributed by atoms with Gasteiger partial charge in [0.05, 0.1) is 5.56 Å². The second-order valence-electron chi connectivity index (χ2n) is 7.98. The highest BCUT2D eigenvalue weighted by molar-refractivity contribution is 6.30. The van der Waals surface area contributed by atoms with Crippen LogP contribution in [0.5, 0.6) is 0 Å². The molecule has 0 fully saturated rings. The summed E-state index contributed by atoms with van der Waals surface area (Å²) < 4.78 is 12.6. The Morgan fingerprint density at radius 3 is 2.55 bits per heavy atom. The number of hydrogen-bond donors (Lipinski definition) is 0. The van der Waals surface area contributed by atoms with Crippen LogP contribution in [0.3, 0.4) is 0 Å². The minimum absolute atomic E-state index is 0.382. The highest BCUT2D eigenvalue weighted by atomic mass is 35.5. The molecule has 0 amide bonds. The lowest BCUT2D eigenvalue weighted by Gasteiger charge is -2.37. The molecule has 0 aromatic heterocycles. The van der Waals surface area contributed by atoms with Crippen LogP contribution in [-0.4, -0.2) is 18.4 Å². The maximum Gasteiger partial charge on any atom is 0.340 e. The predicted molar refractivity (Wildman–Crippen MR) is 132 cm³/mol. The van der Waals surface area contributed by atoms with Crippen molar-refractivity contribution in [1.29, 1.82) is 0 Å². The van der Waals surface area contributed by atoms with E-state index < -0.39 is 11.8 Å². The van der Waals surface area contributed by atoms with Gasteiger partial charge in [-0.1, -0.05) is 90.5 Å². The minimum atomic E-state index is -1.27. The minimum Gasteiger partial charge on any atom is -0.425 e. The van der Waals surface area contributed by atoms with E-state index in [1.54, 1.807) is 24.3 Å². The maximum atomic E-state index is 13.3. The molecule has 0 saturated heterocycles. The van der Waals surface area contributed by atoms with E-state index in [4.69, 9.17) is 21.1 Å². The van der Waals surface area contributed by atoms with Gasteiger partial charge in [-0.3, -0.25) is 0 Å². The van der Waals surface area contributed by atoms with Crippen molar-refractivity contribution in [3.63, 3.8) is 0 Å². The number of ether oxygens (including phenoxy) is 2. The Kier molecular flexibility index (Phi) is 5.76. The number of fused-ring (bicyclic) bond motifs is 2.